The van der Waals surface area contributed by atoms with Crippen LogP contribution in [0.2, 0.25) is 0 Å². The van der Waals surface area contributed by atoms with Gasteiger partial charge in [0, 0.05) is 18.1 Å². The zero-order valence-corrected chi connectivity index (χ0v) is 19.8. The van der Waals surface area contributed by atoms with E-state index in [0.717, 1.165) is 57.2 Å². The van der Waals surface area contributed by atoms with Crippen molar-refractivity contribution in [3.8, 4) is 11.5 Å². The van der Waals surface area contributed by atoms with Crippen LogP contribution in [-0.4, -0.2) is 49.1 Å². The second-order valence-corrected chi connectivity index (χ2v) is 7.61. The molecule has 0 aromatic heterocycles. The maximum Gasteiger partial charge on any atom is 0.300 e. The van der Waals surface area contributed by atoms with Crippen molar-refractivity contribution in [1.82, 2.24) is 5.32 Å². The van der Waals surface area contributed by atoms with E-state index >= 15 is 0 Å². The van der Waals surface area contributed by atoms with E-state index in [2.05, 4.69) is 5.32 Å². The van der Waals surface area contributed by atoms with E-state index in [1.54, 1.807) is 24.3 Å². The molecule has 2 aromatic rings. The van der Waals surface area contributed by atoms with Gasteiger partial charge in [0.05, 0.1) is 13.2 Å². The topological polar surface area (TPSA) is 168 Å². The van der Waals surface area contributed by atoms with Crippen LogP contribution >= 0.6 is 0 Å². The summed E-state index contributed by atoms with van der Waals surface area (Å²) in [6.45, 7) is 4.40. The van der Waals surface area contributed by atoms with Crippen molar-refractivity contribution in [2.24, 2.45) is 11.5 Å². The average Bonchev–Trinajstić information content (AvgIpc) is 2.80. The lowest BCUT2D eigenvalue weighted by atomic mass is 10.2. The number of hydrogen-bond acceptors (Lipinski definition) is 6. The lowest BCUT2D eigenvalue weighted by Gasteiger charge is -2.08. The largest absolute Gasteiger partial charge is 0.494 e. The van der Waals surface area contributed by atoms with E-state index in [-0.39, 0.29) is 11.7 Å². The summed E-state index contributed by atoms with van der Waals surface area (Å²) in [6.07, 6.45) is 5.46. The molecule has 0 aliphatic carbocycles. The number of nitrogen functional groups attached to an aromatic ring is 2. The van der Waals surface area contributed by atoms with Crippen molar-refractivity contribution in [1.29, 1.82) is 10.8 Å². The van der Waals surface area contributed by atoms with Gasteiger partial charge < -0.3 is 31.4 Å². The zero-order chi connectivity index (χ0) is 25.2. The lowest BCUT2D eigenvalue weighted by molar-refractivity contribution is -0.134. The SMILES string of the molecule is CC(=O)O.N=C(N)c1ccc(OCCCCCCNCCCOc2ccc(C(=N)N)cc2)cc1. The summed E-state index contributed by atoms with van der Waals surface area (Å²) >= 11 is 0. The number of benzene rings is 2. The third-order valence-electron chi connectivity index (χ3n) is 4.61. The fourth-order valence-corrected chi connectivity index (χ4v) is 2.87. The maximum atomic E-state index is 9.00. The minimum absolute atomic E-state index is 0.0683. The first-order valence-electron chi connectivity index (χ1n) is 11.3. The highest BCUT2D eigenvalue weighted by Crippen LogP contribution is 2.13. The van der Waals surface area contributed by atoms with E-state index in [1.807, 2.05) is 24.3 Å². The normalized spacial score (nSPS) is 10.0. The van der Waals surface area contributed by atoms with Gasteiger partial charge >= 0.3 is 0 Å². The zero-order valence-electron chi connectivity index (χ0n) is 19.8. The Bertz CT molecular complexity index is 798. The minimum Gasteiger partial charge on any atom is -0.494 e. The van der Waals surface area contributed by atoms with Crippen LogP contribution in [0.3, 0.4) is 0 Å². The molecule has 0 unspecified atom stereocenters. The number of aliphatic carboxylic acids is 1. The van der Waals surface area contributed by atoms with E-state index in [0.29, 0.717) is 24.3 Å². The summed E-state index contributed by atoms with van der Waals surface area (Å²) in [7, 11) is 0. The highest BCUT2D eigenvalue weighted by atomic mass is 16.5. The first-order valence-corrected chi connectivity index (χ1v) is 11.3. The number of carbonyl (C=O) groups is 1. The smallest absolute Gasteiger partial charge is 0.300 e. The van der Waals surface area contributed by atoms with Gasteiger partial charge in [0.2, 0.25) is 0 Å². The van der Waals surface area contributed by atoms with Crippen LogP contribution in [0, 0.1) is 10.8 Å². The van der Waals surface area contributed by atoms with Crippen molar-refractivity contribution >= 4 is 17.6 Å². The second kappa shape index (κ2) is 17.0. The molecule has 0 bridgehead atoms. The Balaban J connectivity index is 0.00000133. The molecule has 34 heavy (non-hydrogen) atoms. The third-order valence-corrected chi connectivity index (χ3v) is 4.61. The minimum atomic E-state index is -0.833. The molecule has 0 heterocycles. The molecular weight excluding hydrogens is 434 g/mol. The number of carboxylic acids is 1. The quantitative estimate of drug-likeness (QED) is 0.131. The number of nitrogens with two attached hydrogens (primary N) is 2. The standard InChI is InChI=1S/C23H33N5O2.C2H4O2/c24-22(25)18-6-10-20(11-7-18)29-16-4-2-1-3-14-28-15-5-17-30-21-12-8-19(9-13-21)23(26)27;1-2(3)4/h6-13,28H,1-5,14-17H2,(H3,24,25)(H3,26,27);1H3,(H,3,4). The number of hydrogen-bond donors (Lipinski definition) is 6. The average molecular weight is 472 g/mol. The van der Waals surface area contributed by atoms with E-state index in [1.165, 1.54) is 6.42 Å². The van der Waals surface area contributed by atoms with Gasteiger partial charge in [0.1, 0.15) is 23.2 Å². The van der Waals surface area contributed by atoms with Crippen LogP contribution in [0.1, 0.15) is 50.2 Å². The Morgan fingerprint density at radius 1 is 0.765 bits per heavy atom. The van der Waals surface area contributed by atoms with Gasteiger partial charge in [-0.3, -0.25) is 15.6 Å². The van der Waals surface area contributed by atoms with Gasteiger partial charge in [-0.05, 0) is 80.9 Å². The van der Waals surface area contributed by atoms with Crippen LogP contribution in [0.15, 0.2) is 48.5 Å². The van der Waals surface area contributed by atoms with Crippen LogP contribution in [0.5, 0.6) is 11.5 Å². The Hall–Kier alpha value is -3.59. The first-order chi connectivity index (χ1) is 16.3. The molecule has 8 N–H and O–H groups in total. The molecular formula is C25H37N5O4. The van der Waals surface area contributed by atoms with Crippen molar-refractivity contribution in [2.75, 3.05) is 26.3 Å². The van der Waals surface area contributed by atoms with Crippen molar-refractivity contribution < 1.29 is 19.4 Å². The predicted octanol–water partition coefficient (Wildman–Crippen LogP) is 3.34. The third kappa shape index (κ3) is 13.7. The summed E-state index contributed by atoms with van der Waals surface area (Å²) < 4.78 is 11.4. The Morgan fingerprint density at radius 2 is 1.15 bits per heavy atom. The molecule has 186 valence electrons. The van der Waals surface area contributed by atoms with Gasteiger partial charge in [0.15, 0.2) is 0 Å². The monoisotopic (exact) mass is 471 g/mol. The molecule has 0 radical (unpaired) electrons. The summed E-state index contributed by atoms with van der Waals surface area (Å²) in [6, 6.07) is 14.6. The highest BCUT2D eigenvalue weighted by molar-refractivity contribution is 5.95. The Labute approximate surface area is 201 Å². The number of ether oxygens (including phenoxy) is 2. The fraction of sp³-hybridized carbons (Fsp3) is 0.400. The molecule has 0 atom stereocenters. The summed E-state index contributed by atoms with van der Waals surface area (Å²) in [5.41, 5.74) is 12.3. The molecule has 0 spiro atoms. The number of carboxylic acid groups (broad SMARTS) is 1. The molecule has 0 saturated heterocycles. The van der Waals surface area contributed by atoms with Gasteiger partial charge in [-0.25, -0.2) is 0 Å². The molecule has 0 fully saturated rings. The van der Waals surface area contributed by atoms with Gasteiger partial charge in [-0.15, -0.1) is 0 Å². The van der Waals surface area contributed by atoms with Gasteiger partial charge in [-0.1, -0.05) is 12.8 Å². The Morgan fingerprint density at radius 3 is 1.59 bits per heavy atom. The first kappa shape index (κ1) is 28.4. The van der Waals surface area contributed by atoms with Gasteiger partial charge in [0.25, 0.3) is 5.97 Å². The van der Waals surface area contributed by atoms with Crippen molar-refractivity contribution in [3.05, 3.63) is 59.7 Å². The molecule has 9 nitrogen and oxygen atoms in total. The van der Waals surface area contributed by atoms with Crippen LogP contribution in [-0.2, 0) is 4.79 Å². The molecule has 0 amide bonds. The van der Waals surface area contributed by atoms with E-state index < -0.39 is 5.97 Å². The molecule has 0 aliphatic rings. The molecule has 0 saturated carbocycles. The van der Waals surface area contributed by atoms with Crippen LogP contribution in [0.25, 0.3) is 0 Å². The summed E-state index contributed by atoms with van der Waals surface area (Å²) in [4.78, 5) is 9.00. The number of unbranched alkanes of at least 4 members (excludes halogenated alkanes) is 3. The van der Waals surface area contributed by atoms with Crippen LogP contribution < -0.4 is 26.3 Å². The van der Waals surface area contributed by atoms with Crippen molar-refractivity contribution in [2.45, 2.75) is 39.0 Å². The molecule has 2 rings (SSSR count). The van der Waals surface area contributed by atoms with Gasteiger partial charge in [-0.2, -0.15) is 0 Å². The second-order valence-electron chi connectivity index (χ2n) is 7.61. The fourth-order valence-electron chi connectivity index (χ4n) is 2.87. The number of nitrogens with one attached hydrogen (secondary N) is 3. The molecule has 2 aromatic carbocycles. The van der Waals surface area contributed by atoms with Crippen LogP contribution in [0.4, 0.5) is 0 Å². The highest BCUT2D eigenvalue weighted by Gasteiger charge is 1.99. The summed E-state index contributed by atoms with van der Waals surface area (Å²) in [5, 5.41) is 25.6. The van der Waals surface area contributed by atoms with E-state index in [4.69, 9.17) is 41.7 Å². The Kier molecular flexibility index (Phi) is 14.2. The molecule has 0 aliphatic heterocycles. The lowest BCUT2D eigenvalue weighted by Crippen LogP contribution is -2.18. The predicted molar refractivity (Wildman–Crippen MR) is 135 cm³/mol. The van der Waals surface area contributed by atoms with Crippen molar-refractivity contribution in [3.63, 3.8) is 0 Å². The maximum absolute atomic E-state index is 9.00. The molecule has 9 heteroatoms. The number of amidine groups is 2. The summed E-state index contributed by atoms with van der Waals surface area (Å²) in [5.74, 6) is 0.928. The number of rotatable bonds is 15. The van der Waals surface area contributed by atoms with E-state index in [9.17, 15) is 0 Å².